The highest BCUT2D eigenvalue weighted by Crippen LogP contribution is 2.37. The fourth-order valence-electron chi connectivity index (χ4n) is 2.76. The van der Waals surface area contributed by atoms with E-state index in [1.54, 1.807) is 50.2 Å². The van der Waals surface area contributed by atoms with E-state index >= 15 is 0 Å². The van der Waals surface area contributed by atoms with Crippen molar-refractivity contribution in [1.82, 2.24) is 0 Å². The Kier molecular flexibility index (Phi) is 4.16. The zero-order valence-corrected chi connectivity index (χ0v) is 13.4. The van der Waals surface area contributed by atoms with Gasteiger partial charge in [-0.1, -0.05) is 12.1 Å². The van der Waals surface area contributed by atoms with Gasteiger partial charge in [0.25, 0.3) is 0 Å². The van der Waals surface area contributed by atoms with E-state index in [1.807, 2.05) is 0 Å². The summed E-state index contributed by atoms with van der Waals surface area (Å²) in [6.07, 6.45) is 0. The largest absolute Gasteiger partial charge is 0.462 e. The van der Waals surface area contributed by atoms with Gasteiger partial charge in [-0.15, -0.1) is 0 Å². The first-order chi connectivity index (χ1) is 11.6. The van der Waals surface area contributed by atoms with E-state index in [9.17, 15) is 14.4 Å². The molecule has 1 aliphatic carbocycles. The van der Waals surface area contributed by atoms with Crippen LogP contribution in [0.3, 0.4) is 0 Å². The van der Waals surface area contributed by atoms with Gasteiger partial charge in [0, 0.05) is 11.1 Å². The van der Waals surface area contributed by atoms with Crippen LogP contribution in [-0.4, -0.2) is 30.9 Å². The maximum atomic E-state index is 12.6. The van der Waals surface area contributed by atoms with Gasteiger partial charge in [-0.05, 0) is 49.2 Å². The molecule has 0 atom stereocenters. The summed E-state index contributed by atoms with van der Waals surface area (Å²) in [7, 11) is 0. The van der Waals surface area contributed by atoms with Gasteiger partial charge in [0.2, 0.25) is 0 Å². The molecular formula is C19H16O5. The highest BCUT2D eigenvalue weighted by atomic mass is 16.5. The molecule has 3 rings (SSSR count). The fraction of sp³-hybridized carbons (Fsp3) is 0.211. The van der Waals surface area contributed by atoms with Gasteiger partial charge in [-0.3, -0.25) is 4.79 Å². The third kappa shape index (κ3) is 2.58. The minimum absolute atomic E-state index is 0.211. The van der Waals surface area contributed by atoms with E-state index in [-0.39, 0.29) is 19.0 Å². The SMILES string of the molecule is CCOC(=O)c1ccc2c(c1)C(=O)c1cc(C(=O)OCC)ccc1-2. The second-order valence-electron chi connectivity index (χ2n) is 5.29. The van der Waals surface area contributed by atoms with Crippen molar-refractivity contribution < 1.29 is 23.9 Å². The summed E-state index contributed by atoms with van der Waals surface area (Å²) in [6.45, 7) is 3.99. The molecule has 5 nitrogen and oxygen atoms in total. The molecule has 0 bridgehead atoms. The molecule has 1 aliphatic rings. The number of rotatable bonds is 4. The van der Waals surface area contributed by atoms with Crippen LogP contribution >= 0.6 is 0 Å². The third-order valence-electron chi connectivity index (χ3n) is 3.84. The molecule has 0 spiro atoms. The molecule has 0 N–H and O–H groups in total. The molecule has 0 radical (unpaired) electrons. The monoisotopic (exact) mass is 324 g/mol. The van der Waals surface area contributed by atoms with Gasteiger partial charge < -0.3 is 9.47 Å². The van der Waals surface area contributed by atoms with Crippen molar-refractivity contribution in [2.45, 2.75) is 13.8 Å². The van der Waals surface area contributed by atoms with E-state index in [1.165, 1.54) is 0 Å². The van der Waals surface area contributed by atoms with Crippen LogP contribution in [0.25, 0.3) is 11.1 Å². The van der Waals surface area contributed by atoms with E-state index in [2.05, 4.69) is 0 Å². The van der Waals surface area contributed by atoms with E-state index in [4.69, 9.17) is 9.47 Å². The molecule has 24 heavy (non-hydrogen) atoms. The Hall–Kier alpha value is -2.95. The van der Waals surface area contributed by atoms with Crippen LogP contribution in [0, 0.1) is 0 Å². The minimum atomic E-state index is -0.462. The van der Waals surface area contributed by atoms with Gasteiger partial charge in [-0.25, -0.2) is 9.59 Å². The zero-order valence-electron chi connectivity index (χ0n) is 13.4. The first-order valence-corrected chi connectivity index (χ1v) is 7.74. The van der Waals surface area contributed by atoms with Gasteiger partial charge in [0.05, 0.1) is 24.3 Å². The van der Waals surface area contributed by atoms with Crippen LogP contribution in [0.15, 0.2) is 36.4 Å². The highest BCUT2D eigenvalue weighted by molar-refractivity contribution is 6.22. The number of carbonyl (C=O) groups excluding carboxylic acids is 3. The molecule has 0 fully saturated rings. The molecule has 5 heteroatoms. The Balaban J connectivity index is 2.01. The molecule has 0 aliphatic heterocycles. The topological polar surface area (TPSA) is 69.7 Å². The van der Waals surface area contributed by atoms with Crippen LogP contribution < -0.4 is 0 Å². The maximum absolute atomic E-state index is 12.6. The van der Waals surface area contributed by atoms with Crippen molar-refractivity contribution in [3.05, 3.63) is 58.7 Å². The minimum Gasteiger partial charge on any atom is -0.462 e. The number of hydrogen-bond acceptors (Lipinski definition) is 5. The summed E-state index contributed by atoms with van der Waals surface area (Å²) in [5.74, 6) is -1.13. The Morgan fingerprint density at radius 2 is 1.17 bits per heavy atom. The number of hydrogen-bond donors (Lipinski definition) is 0. The van der Waals surface area contributed by atoms with Crippen LogP contribution in [0.4, 0.5) is 0 Å². The molecule has 0 heterocycles. The molecule has 2 aromatic carbocycles. The Labute approximate surface area is 139 Å². The van der Waals surface area contributed by atoms with Gasteiger partial charge in [0.15, 0.2) is 5.78 Å². The number of fused-ring (bicyclic) bond motifs is 3. The lowest BCUT2D eigenvalue weighted by Crippen LogP contribution is -2.07. The van der Waals surface area contributed by atoms with Crippen LogP contribution in [0.1, 0.15) is 50.5 Å². The van der Waals surface area contributed by atoms with Crippen molar-refractivity contribution in [2.24, 2.45) is 0 Å². The number of ether oxygens (including phenoxy) is 2. The summed E-state index contributed by atoms with van der Waals surface area (Å²) in [5.41, 5.74) is 3.05. The average Bonchev–Trinajstić information content (AvgIpc) is 2.87. The van der Waals surface area contributed by atoms with Gasteiger partial charge in [0.1, 0.15) is 0 Å². The van der Waals surface area contributed by atoms with Crippen molar-refractivity contribution in [2.75, 3.05) is 13.2 Å². The first kappa shape index (κ1) is 15.9. The Morgan fingerprint density at radius 1 is 0.750 bits per heavy atom. The lowest BCUT2D eigenvalue weighted by atomic mass is 10.0. The predicted molar refractivity (Wildman–Crippen MR) is 87.2 cm³/mol. The van der Waals surface area contributed by atoms with Crippen LogP contribution in [-0.2, 0) is 9.47 Å². The molecule has 0 amide bonds. The molecule has 0 saturated carbocycles. The number of carbonyl (C=O) groups is 3. The molecule has 0 aromatic heterocycles. The molecular weight excluding hydrogens is 308 g/mol. The van der Waals surface area contributed by atoms with Gasteiger partial charge in [-0.2, -0.15) is 0 Å². The average molecular weight is 324 g/mol. The number of ketones is 1. The lowest BCUT2D eigenvalue weighted by Gasteiger charge is -2.05. The molecule has 2 aromatic rings. The van der Waals surface area contributed by atoms with E-state index in [0.29, 0.717) is 22.3 Å². The van der Waals surface area contributed by atoms with Crippen molar-refractivity contribution in [3.8, 4) is 11.1 Å². The molecule has 0 saturated heterocycles. The molecule has 122 valence electrons. The second kappa shape index (κ2) is 6.28. The smallest absolute Gasteiger partial charge is 0.338 e. The van der Waals surface area contributed by atoms with E-state index in [0.717, 1.165) is 11.1 Å². The summed E-state index contributed by atoms with van der Waals surface area (Å²) in [6, 6.07) is 9.82. The van der Waals surface area contributed by atoms with Crippen molar-refractivity contribution >= 4 is 17.7 Å². The summed E-state index contributed by atoms with van der Waals surface area (Å²) >= 11 is 0. The summed E-state index contributed by atoms with van der Waals surface area (Å²) in [5, 5.41) is 0. The van der Waals surface area contributed by atoms with Crippen molar-refractivity contribution in [3.63, 3.8) is 0 Å². The number of esters is 2. The second-order valence-corrected chi connectivity index (χ2v) is 5.29. The number of benzene rings is 2. The Bertz CT molecular complexity index is 781. The highest BCUT2D eigenvalue weighted by Gasteiger charge is 2.28. The standard InChI is InChI=1S/C19H16O5/c1-3-23-18(21)11-5-7-13-14-8-6-12(19(22)24-4-2)10-16(14)17(20)15(13)9-11/h5-10H,3-4H2,1-2H3. The lowest BCUT2D eigenvalue weighted by molar-refractivity contribution is 0.0517. The van der Waals surface area contributed by atoms with Crippen LogP contribution in [0.2, 0.25) is 0 Å². The summed E-state index contributed by atoms with van der Waals surface area (Å²) in [4.78, 5) is 36.3. The summed E-state index contributed by atoms with van der Waals surface area (Å²) < 4.78 is 9.93. The van der Waals surface area contributed by atoms with Gasteiger partial charge >= 0.3 is 11.9 Å². The quantitative estimate of drug-likeness (QED) is 0.689. The maximum Gasteiger partial charge on any atom is 0.338 e. The molecule has 0 unspecified atom stereocenters. The third-order valence-corrected chi connectivity index (χ3v) is 3.84. The van der Waals surface area contributed by atoms with E-state index < -0.39 is 11.9 Å². The van der Waals surface area contributed by atoms with Crippen LogP contribution in [0.5, 0.6) is 0 Å². The first-order valence-electron chi connectivity index (χ1n) is 7.74. The van der Waals surface area contributed by atoms with Crippen molar-refractivity contribution in [1.29, 1.82) is 0 Å². The Morgan fingerprint density at radius 3 is 1.54 bits per heavy atom. The zero-order chi connectivity index (χ0) is 17.3. The fourth-order valence-corrected chi connectivity index (χ4v) is 2.76. The normalized spacial score (nSPS) is 11.7. The predicted octanol–water partition coefficient (Wildman–Crippen LogP) is 3.25.